The first-order valence-electron chi connectivity index (χ1n) is 4.75. The zero-order valence-corrected chi connectivity index (χ0v) is 8.35. The predicted octanol–water partition coefficient (Wildman–Crippen LogP) is 2.33. The van der Waals surface area contributed by atoms with Crippen molar-refractivity contribution in [3.05, 3.63) is 36.0 Å². The predicted molar refractivity (Wildman–Crippen MR) is 53.6 cm³/mol. The Hall–Kier alpha value is -2.22. The third kappa shape index (κ3) is 2.23. The molecule has 0 aliphatic carbocycles. The Balaban J connectivity index is 2.22. The van der Waals surface area contributed by atoms with E-state index in [9.17, 15) is 4.39 Å². The number of hydrogen-bond donors (Lipinski definition) is 0. The molecule has 1 aromatic heterocycles. The van der Waals surface area contributed by atoms with Crippen LogP contribution in [0.1, 0.15) is 12.3 Å². The highest BCUT2D eigenvalue weighted by Crippen LogP contribution is 2.18. The lowest BCUT2D eigenvalue weighted by Gasteiger charge is -1.93. The van der Waals surface area contributed by atoms with Gasteiger partial charge in [-0.15, -0.1) is 10.2 Å². The molecule has 1 heterocycles. The molecule has 0 unspecified atom stereocenters. The van der Waals surface area contributed by atoms with E-state index in [2.05, 4.69) is 10.2 Å². The molecule has 0 saturated heterocycles. The summed E-state index contributed by atoms with van der Waals surface area (Å²) < 4.78 is 18.2. The number of nitriles is 1. The number of aromatic nitrogens is 2. The first-order valence-corrected chi connectivity index (χ1v) is 4.75. The highest BCUT2D eigenvalue weighted by Gasteiger charge is 2.08. The number of rotatable bonds is 3. The van der Waals surface area contributed by atoms with Crippen LogP contribution in [0.25, 0.3) is 11.5 Å². The minimum Gasteiger partial charge on any atom is -0.421 e. The summed E-state index contributed by atoms with van der Waals surface area (Å²) in [6.07, 6.45) is 0.740. The van der Waals surface area contributed by atoms with Gasteiger partial charge in [0.1, 0.15) is 5.82 Å². The zero-order chi connectivity index (χ0) is 11.4. The van der Waals surface area contributed by atoms with Crippen molar-refractivity contribution < 1.29 is 8.81 Å². The molecule has 0 fully saturated rings. The van der Waals surface area contributed by atoms with Gasteiger partial charge in [-0.2, -0.15) is 5.26 Å². The summed E-state index contributed by atoms with van der Waals surface area (Å²) in [5.41, 5.74) is 0.538. The third-order valence-electron chi connectivity index (χ3n) is 1.99. The molecule has 2 rings (SSSR count). The van der Waals surface area contributed by atoms with Gasteiger partial charge in [-0.05, 0) is 18.2 Å². The van der Waals surface area contributed by atoms with Crippen LogP contribution >= 0.6 is 0 Å². The van der Waals surface area contributed by atoms with Crippen LogP contribution in [0.3, 0.4) is 0 Å². The van der Waals surface area contributed by atoms with Crippen LogP contribution in [-0.4, -0.2) is 10.2 Å². The van der Waals surface area contributed by atoms with Gasteiger partial charge in [-0.1, -0.05) is 6.07 Å². The van der Waals surface area contributed by atoms with Crippen LogP contribution in [0.2, 0.25) is 0 Å². The van der Waals surface area contributed by atoms with E-state index in [4.69, 9.17) is 9.68 Å². The lowest BCUT2D eigenvalue weighted by Crippen LogP contribution is -1.82. The van der Waals surface area contributed by atoms with Crippen molar-refractivity contribution in [2.45, 2.75) is 12.8 Å². The quantitative estimate of drug-likeness (QED) is 0.791. The summed E-state index contributed by atoms with van der Waals surface area (Å²) in [6, 6.07) is 7.91. The van der Waals surface area contributed by atoms with Gasteiger partial charge in [0.05, 0.1) is 6.07 Å². The van der Waals surface area contributed by atoms with Crippen LogP contribution in [0.5, 0.6) is 0 Å². The standard InChI is InChI=1S/C11H8FN3O/c12-9-4-1-3-8(7-9)11-15-14-10(16-11)5-2-6-13/h1,3-4,7H,2,5H2. The summed E-state index contributed by atoms with van der Waals surface area (Å²) >= 11 is 0. The molecular formula is C11H8FN3O. The van der Waals surface area contributed by atoms with Gasteiger partial charge in [0.2, 0.25) is 11.8 Å². The van der Waals surface area contributed by atoms with Crippen molar-refractivity contribution >= 4 is 0 Å². The summed E-state index contributed by atoms with van der Waals surface area (Å²) in [4.78, 5) is 0. The lowest BCUT2D eigenvalue weighted by molar-refractivity contribution is 0.506. The number of benzene rings is 1. The molecule has 1 aromatic carbocycles. The SMILES string of the molecule is N#CCCc1nnc(-c2cccc(F)c2)o1. The van der Waals surface area contributed by atoms with Gasteiger partial charge in [-0.3, -0.25) is 0 Å². The molecule has 5 heteroatoms. The Morgan fingerprint density at radius 3 is 3.00 bits per heavy atom. The van der Waals surface area contributed by atoms with Crippen LogP contribution in [0.15, 0.2) is 28.7 Å². The number of nitrogens with zero attached hydrogens (tertiary/aromatic N) is 3. The van der Waals surface area contributed by atoms with Crippen LogP contribution in [-0.2, 0) is 6.42 Å². The largest absolute Gasteiger partial charge is 0.421 e. The first-order chi connectivity index (χ1) is 7.79. The molecule has 80 valence electrons. The molecule has 0 N–H and O–H groups in total. The van der Waals surface area contributed by atoms with Gasteiger partial charge in [0, 0.05) is 18.4 Å². The Bertz CT molecular complexity index is 530. The molecule has 0 bridgehead atoms. The van der Waals surface area contributed by atoms with E-state index in [1.54, 1.807) is 12.1 Å². The van der Waals surface area contributed by atoms with Gasteiger partial charge < -0.3 is 4.42 Å². The van der Waals surface area contributed by atoms with E-state index in [0.29, 0.717) is 24.3 Å². The summed E-state index contributed by atoms with van der Waals surface area (Å²) in [5, 5.41) is 16.0. The summed E-state index contributed by atoms with van der Waals surface area (Å²) in [6.45, 7) is 0. The van der Waals surface area contributed by atoms with E-state index in [-0.39, 0.29) is 11.7 Å². The molecule has 0 aliphatic rings. The van der Waals surface area contributed by atoms with Crippen molar-refractivity contribution in [2.24, 2.45) is 0 Å². The second kappa shape index (κ2) is 4.53. The Morgan fingerprint density at radius 1 is 1.38 bits per heavy atom. The average Bonchev–Trinajstić information content (AvgIpc) is 2.75. The number of aryl methyl sites for hydroxylation is 1. The van der Waals surface area contributed by atoms with Crippen molar-refractivity contribution in [3.8, 4) is 17.5 Å². The first kappa shape index (κ1) is 10.3. The fraction of sp³-hybridized carbons (Fsp3) is 0.182. The second-order valence-corrected chi connectivity index (χ2v) is 3.17. The molecule has 0 atom stereocenters. The van der Waals surface area contributed by atoms with E-state index in [1.165, 1.54) is 12.1 Å². The number of halogens is 1. The van der Waals surface area contributed by atoms with Crippen molar-refractivity contribution in [2.75, 3.05) is 0 Å². The Morgan fingerprint density at radius 2 is 2.25 bits per heavy atom. The minimum atomic E-state index is -0.353. The highest BCUT2D eigenvalue weighted by molar-refractivity contribution is 5.52. The summed E-state index contributed by atoms with van der Waals surface area (Å²) in [5.74, 6) is 0.308. The van der Waals surface area contributed by atoms with Gasteiger partial charge in [0.15, 0.2) is 0 Å². The maximum Gasteiger partial charge on any atom is 0.247 e. The molecule has 16 heavy (non-hydrogen) atoms. The monoisotopic (exact) mass is 217 g/mol. The molecule has 0 amide bonds. The Labute approximate surface area is 91.3 Å². The normalized spacial score (nSPS) is 10.0. The molecular weight excluding hydrogens is 209 g/mol. The minimum absolute atomic E-state index is 0.271. The zero-order valence-electron chi connectivity index (χ0n) is 8.35. The fourth-order valence-corrected chi connectivity index (χ4v) is 1.26. The van der Waals surface area contributed by atoms with E-state index < -0.39 is 0 Å². The van der Waals surface area contributed by atoms with Crippen molar-refractivity contribution in [1.29, 1.82) is 5.26 Å². The maximum absolute atomic E-state index is 12.9. The van der Waals surface area contributed by atoms with Crippen LogP contribution in [0.4, 0.5) is 4.39 Å². The van der Waals surface area contributed by atoms with Gasteiger partial charge in [-0.25, -0.2) is 4.39 Å². The molecule has 0 aliphatic heterocycles. The van der Waals surface area contributed by atoms with E-state index in [1.807, 2.05) is 6.07 Å². The molecule has 0 saturated carbocycles. The number of hydrogen-bond acceptors (Lipinski definition) is 4. The van der Waals surface area contributed by atoms with Gasteiger partial charge in [0.25, 0.3) is 0 Å². The second-order valence-electron chi connectivity index (χ2n) is 3.17. The van der Waals surface area contributed by atoms with Crippen molar-refractivity contribution in [3.63, 3.8) is 0 Å². The van der Waals surface area contributed by atoms with Crippen LogP contribution in [0, 0.1) is 17.1 Å². The third-order valence-corrected chi connectivity index (χ3v) is 1.99. The molecule has 4 nitrogen and oxygen atoms in total. The topological polar surface area (TPSA) is 62.7 Å². The molecule has 0 spiro atoms. The average molecular weight is 217 g/mol. The van der Waals surface area contributed by atoms with Gasteiger partial charge >= 0.3 is 0 Å². The molecule has 0 radical (unpaired) electrons. The summed E-state index contributed by atoms with van der Waals surface area (Å²) in [7, 11) is 0. The van der Waals surface area contributed by atoms with E-state index in [0.717, 1.165) is 0 Å². The van der Waals surface area contributed by atoms with E-state index >= 15 is 0 Å². The van der Waals surface area contributed by atoms with Crippen LogP contribution < -0.4 is 0 Å². The fourth-order valence-electron chi connectivity index (χ4n) is 1.26. The smallest absolute Gasteiger partial charge is 0.247 e. The lowest BCUT2D eigenvalue weighted by atomic mass is 10.2. The molecule has 2 aromatic rings. The Kier molecular flexibility index (Phi) is 2.92. The highest BCUT2D eigenvalue weighted by atomic mass is 19.1. The van der Waals surface area contributed by atoms with Crippen molar-refractivity contribution in [1.82, 2.24) is 10.2 Å². The maximum atomic E-state index is 12.9.